The van der Waals surface area contributed by atoms with Crippen LogP contribution >= 0.6 is 23.2 Å². The second kappa shape index (κ2) is 5.04. The molecule has 0 saturated carbocycles. The maximum Gasteiger partial charge on any atom is 0.266 e. The van der Waals surface area contributed by atoms with Crippen LogP contribution in [0.2, 0.25) is 10.0 Å². The van der Waals surface area contributed by atoms with Crippen molar-refractivity contribution < 1.29 is 4.79 Å². The van der Waals surface area contributed by atoms with Crippen molar-refractivity contribution in [1.29, 1.82) is 0 Å². The number of amides is 1. The number of hydrogen-bond donors (Lipinski definition) is 2. The summed E-state index contributed by atoms with van der Waals surface area (Å²) in [6.07, 6.45) is 0. The van der Waals surface area contributed by atoms with Gasteiger partial charge >= 0.3 is 0 Å². The predicted octanol–water partition coefficient (Wildman–Crippen LogP) is 3.03. The van der Waals surface area contributed by atoms with Gasteiger partial charge in [-0.25, -0.2) is 5.43 Å². The maximum atomic E-state index is 11.7. The van der Waals surface area contributed by atoms with Crippen molar-refractivity contribution in [1.82, 2.24) is 10.9 Å². The minimum atomic E-state index is -0.281. The molecule has 0 atom stereocenters. The summed E-state index contributed by atoms with van der Waals surface area (Å²) in [5.41, 5.74) is 5.65. The zero-order valence-corrected chi connectivity index (χ0v) is 10.9. The van der Waals surface area contributed by atoms with Crippen molar-refractivity contribution in [2.75, 3.05) is 0 Å². The second-order valence-electron chi connectivity index (χ2n) is 4.45. The Kier molecular flexibility index (Phi) is 4.19. The van der Waals surface area contributed by atoms with Crippen LogP contribution in [-0.4, -0.2) is 11.4 Å². The van der Waals surface area contributed by atoms with Gasteiger partial charge in [0.25, 0.3) is 5.91 Å². The predicted molar refractivity (Wildman–Crippen MR) is 66.8 cm³/mol. The van der Waals surface area contributed by atoms with Gasteiger partial charge in [-0.05, 0) is 39.0 Å². The number of nitrogens with one attached hydrogen (secondary N) is 2. The Bertz CT molecular complexity index is 399. The fourth-order valence-corrected chi connectivity index (χ4v) is 1.48. The van der Waals surface area contributed by atoms with Crippen molar-refractivity contribution in [3.8, 4) is 0 Å². The molecule has 0 bridgehead atoms. The zero-order valence-electron chi connectivity index (χ0n) is 9.40. The molecular weight excluding hydrogens is 247 g/mol. The lowest BCUT2D eigenvalue weighted by Gasteiger charge is -2.21. The van der Waals surface area contributed by atoms with Crippen molar-refractivity contribution in [3.63, 3.8) is 0 Å². The van der Waals surface area contributed by atoms with Crippen molar-refractivity contribution in [2.24, 2.45) is 0 Å². The largest absolute Gasteiger partial charge is 0.287 e. The lowest BCUT2D eigenvalue weighted by Crippen LogP contribution is -2.48. The van der Waals surface area contributed by atoms with Gasteiger partial charge in [-0.1, -0.05) is 23.2 Å². The minimum Gasteiger partial charge on any atom is -0.287 e. The molecule has 1 aromatic carbocycles. The lowest BCUT2D eigenvalue weighted by atomic mass is 10.1. The summed E-state index contributed by atoms with van der Waals surface area (Å²) in [4.78, 5) is 11.7. The lowest BCUT2D eigenvalue weighted by molar-refractivity contribution is 0.0914. The van der Waals surface area contributed by atoms with E-state index in [1.807, 2.05) is 20.8 Å². The van der Waals surface area contributed by atoms with Gasteiger partial charge in [-0.15, -0.1) is 0 Å². The van der Waals surface area contributed by atoms with Crippen LogP contribution in [0.3, 0.4) is 0 Å². The average molecular weight is 261 g/mol. The van der Waals surface area contributed by atoms with Gasteiger partial charge in [-0.2, -0.15) is 0 Å². The molecule has 1 rings (SSSR count). The third-order valence-corrected chi connectivity index (χ3v) is 2.27. The first-order valence-electron chi connectivity index (χ1n) is 4.82. The van der Waals surface area contributed by atoms with Crippen LogP contribution in [0, 0.1) is 0 Å². The Labute approximate surface area is 105 Å². The van der Waals surface area contributed by atoms with Crippen LogP contribution in [0.25, 0.3) is 0 Å². The molecule has 16 heavy (non-hydrogen) atoms. The van der Waals surface area contributed by atoms with Gasteiger partial charge in [-0.3, -0.25) is 10.2 Å². The van der Waals surface area contributed by atoms with E-state index in [-0.39, 0.29) is 11.4 Å². The Morgan fingerprint density at radius 1 is 1.25 bits per heavy atom. The van der Waals surface area contributed by atoms with Crippen LogP contribution in [0.15, 0.2) is 18.2 Å². The number of halogens is 2. The van der Waals surface area contributed by atoms with Crippen LogP contribution in [-0.2, 0) is 0 Å². The van der Waals surface area contributed by atoms with Crippen molar-refractivity contribution in [2.45, 2.75) is 26.3 Å². The molecule has 1 aromatic rings. The molecule has 0 saturated heterocycles. The van der Waals surface area contributed by atoms with E-state index in [1.54, 1.807) is 12.1 Å². The van der Waals surface area contributed by atoms with Gasteiger partial charge in [0.2, 0.25) is 0 Å². The van der Waals surface area contributed by atoms with E-state index in [1.165, 1.54) is 6.07 Å². The number of rotatable bonds is 2. The van der Waals surface area contributed by atoms with E-state index in [0.717, 1.165) is 0 Å². The fraction of sp³-hybridized carbons (Fsp3) is 0.364. The van der Waals surface area contributed by atoms with Gasteiger partial charge in [0, 0.05) is 10.6 Å². The first-order chi connectivity index (χ1) is 7.29. The monoisotopic (exact) mass is 260 g/mol. The third-order valence-electron chi connectivity index (χ3n) is 1.73. The second-order valence-corrected chi connectivity index (χ2v) is 5.30. The number of carbonyl (C=O) groups excluding carboxylic acids is 1. The SMILES string of the molecule is CC(C)(C)NNC(=O)c1ccc(Cl)cc1Cl. The van der Waals surface area contributed by atoms with Crippen molar-refractivity contribution >= 4 is 29.1 Å². The highest BCUT2D eigenvalue weighted by Crippen LogP contribution is 2.20. The molecular formula is C11H14Cl2N2O. The Hall–Kier alpha value is -0.770. The standard InChI is InChI=1S/C11H14Cl2N2O/c1-11(2,3)15-14-10(16)8-5-4-7(12)6-9(8)13/h4-6,15H,1-3H3,(H,14,16). The van der Waals surface area contributed by atoms with E-state index in [0.29, 0.717) is 15.6 Å². The first-order valence-corrected chi connectivity index (χ1v) is 5.58. The zero-order chi connectivity index (χ0) is 12.3. The summed E-state index contributed by atoms with van der Waals surface area (Å²) in [7, 11) is 0. The highest BCUT2D eigenvalue weighted by Gasteiger charge is 2.14. The molecule has 0 heterocycles. The molecule has 2 N–H and O–H groups in total. The van der Waals surface area contributed by atoms with Crippen LogP contribution < -0.4 is 10.9 Å². The molecule has 0 aliphatic rings. The van der Waals surface area contributed by atoms with Gasteiger partial charge in [0.05, 0.1) is 10.6 Å². The summed E-state index contributed by atoms with van der Waals surface area (Å²) in [5.74, 6) is -0.281. The molecule has 0 aromatic heterocycles. The number of hydrazine groups is 1. The summed E-state index contributed by atoms with van der Waals surface area (Å²) < 4.78 is 0. The highest BCUT2D eigenvalue weighted by atomic mass is 35.5. The molecule has 0 radical (unpaired) electrons. The Morgan fingerprint density at radius 2 is 1.88 bits per heavy atom. The van der Waals surface area contributed by atoms with Crippen LogP contribution in [0.1, 0.15) is 31.1 Å². The number of benzene rings is 1. The van der Waals surface area contributed by atoms with Gasteiger partial charge in [0.15, 0.2) is 0 Å². The fourth-order valence-electron chi connectivity index (χ4n) is 0.985. The smallest absolute Gasteiger partial charge is 0.266 e. The Balaban J connectivity index is 2.74. The third kappa shape index (κ3) is 4.00. The molecule has 1 amide bonds. The highest BCUT2D eigenvalue weighted by molar-refractivity contribution is 6.36. The summed E-state index contributed by atoms with van der Waals surface area (Å²) in [5, 5.41) is 0.839. The van der Waals surface area contributed by atoms with Crippen LogP contribution in [0.4, 0.5) is 0 Å². The summed E-state index contributed by atoms with van der Waals surface area (Å²) in [6, 6.07) is 4.75. The van der Waals surface area contributed by atoms with E-state index in [2.05, 4.69) is 10.9 Å². The minimum absolute atomic E-state index is 0.200. The molecule has 0 spiro atoms. The topological polar surface area (TPSA) is 41.1 Å². The van der Waals surface area contributed by atoms with Crippen LogP contribution in [0.5, 0.6) is 0 Å². The molecule has 0 unspecified atom stereocenters. The normalized spacial score (nSPS) is 11.3. The molecule has 88 valence electrons. The Morgan fingerprint density at radius 3 is 2.38 bits per heavy atom. The van der Waals surface area contributed by atoms with Gasteiger partial charge < -0.3 is 0 Å². The first kappa shape index (κ1) is 13.3. The average Bonchev–Trinajstić information content (AvgIpc) is 2.13. The number of carbonyl (C=O) groups is 1. The van der Waals surface area contributed by atoms with E-state index >= 15 is 0 Å². The molecule has 0 aliphatic carbocycles. The van der Waals surface area contributed by atoms with Gasteiger partial charge in [0.1, 0.15) is 0 Å². The van der Waals surface area contributed by atoms with E-state index < -0.39 is 0 Å². The molecule has 3 nitrogen and oxygen atoms in total. The van der Waals surface area contributed by atoms with E-state index in [9.17, 15) is 4.79 Å². The van der Waals surface area contributed by atoms with E-state index in [4.69, 9.17) is 23.2 Å². The summed E-state index contributed by atoms with van der Waals surface area (Å²) in [6.45, 7) is 5.82. The summed E-state index contributed by atoms with van der Waals surface area (Å²) >= 11 is 11.6. The molecule has 0 aliphatic heterocycles. The quantitative estimate of drug-likeness (QED) is 0.803. The molecule has 5 heteroatoms. The maximum absolute atomic E-state index is 11.7. The van der Waals surface area contributed by atoms with Crippen molar-refractivity contribution in [3.05, 3.63) is 33.8 Å². The molecule has 0 fully saturated rings. The number of hydrogen-bond acceptors (Lipinski definition) is 2.